The van der Waals surface area contributed by atoms with Gasteiger partial charge in [0.1, 0.15) is 0 Å². The third-order valence-corrected chi connectivity index (χ3v) is 3.91. The third-order valence-electron chi connectivity index (χ3n) is 3.91. The van der Waals surface area contributed by atoms with E-state index in [-0.39, 0.29) is 0 Å². The Bertz CT molecular complexity index is 193. The lowest BCUT2D eigenvalue weighted by atomic mass is 10.1. The number of rotatable bonds is 9. The maximum atomic E-state index is 5.79. The van der Waals surface area contributed by atoms with E-state index in [4.69, 9.17) is 4.74 Å². The van der Waals surface area contributed by atoms with Crippen molar-refractivity contribution in [3.8, 4) is 0 Å². The smallest absolute Gasteiger partial charge is 0.0702 e. The fourth-order valence-corrected chi connectivity index (χ4v) is 2.42. The lowest BCUT2D eigenvalue weighted by molar-refractivity contribution is -0.00687. The van der Waals surface area contributed by atoms with Gasteiger partial charge in [0.25, 0.3) is 0 Å². The van der Waals surface area contributed by atoms with Gasteiger partial charge in [-0.3, -0.25) is 4.90 Å². The molecule has 0 spiro atoms. The molecule has 1 heterocycles. The summed E-state index contributed by atoms with van der Waals surface area (Å²) in [6.07, 6.45) is 8.23. The highest BCUT2D eigenvalue weighted by Crippen LogP contribution is 2.14. The Kier molecular flexibility index (Phi) is 8.64. The molecule has 0 aromatic rings. The summed E-state index contributed by atoms with van der Waals surface area (Å²) in [6.45, 7) is 8.84. The molecule has 2 atom stereocenters. The Balaban J connectivity index is 2.06. The van der Waals surface area contributed by atoms with Crippen molar-refractivity contribution in [1.29, 1.82) is 0 Å². The Labute approximate surface area is 113 Å². The first kappa shape index (κ1) is 15.9. The molecule has 0 aromatic carbocycles. The lowest BCUT2D eigenvalue weighted by Crippen LogP contribution is -2.43. The third kappa shape index (κ3) is 6.72. The summed E-state index contributed by atoms with van der Waals surface area (Å²) < 4.78 is 5.79. The molecule has 0 amide bonds. The van der Waals surface area contributed by atoms with Gasteiger partial charge >= 0.3 is 0 Å². The van der Waals surface area contributed by atoms with Gasteiger partial charge in [0.2, 0.25) is 0 Å². The first-order valence-corrected chi connectivity index (χ1v) is 7.76. The van der Waals surface area contributed by atoms with Gasteiger partial charge in [-0.25, -0.2) is 0 Å². The van der Waals surface area contributed by atoms with Gasteiger partial charge in [0, 0.05) is 25.7 Å². The summed E-state index contributed by atoms with van der Waals surface area (Å²) in [5.74, 6) is 0. The van der Waals surface area contributed by atoms with Crippen molar-refractivity contribution in [2.45, 2.75) is 64.5 Å². The van der Waals surface area contributed by atoms with Gasteiger partial charge in [0.05, 0.1) is 6.10 Å². The Morgan fingerprint density at radius 1 is 1.33 bits per heavy atom. The average Bonchev–Trinajstić information content (AvgIpc) is 2.39. The molecule has 1 saturated heterocycles. The van der Waals surface area contributed by atoms with Crippen molar-refractivity contribution in [1.82, 2.24) is 10.2 Å². The van der Waals surface area contributed by atoms with E-state index in [1.165, 1.54) is 38.5 Å². The molecule has 2 unspecified atom stereocenters. The van der Waals surface area contributed by atoms with Crippen LogP contribution >= 0.6 is 0 Å². The largest absolute Gasteiger partial charge is 0.377 e. The van der Waals surface area contributed by atoms with Crippen molar-refractivity contribution < 1.29 is 4.74 Å². The minimum Gasteiger partial charge on any atom is -0.377 e. The molecule has 0 aromatic heterocycles. The normalized spacial score (nSPS) is 22.3. The minimum atomic E-state index is 0.464. The van der Waals surface area contributed by atoms with Crippen LogP contribution in [0.15, 0.2) is 0 Å². The molecule has 0 aliphatic carbocycles. The van der Waals surface area contributed by atoms with Crippen LogP contribution in [-0.4, -0.2) is 50.3 Å². The van der Waals surface area contributed by atoms with Crippen molar-refractivity contribution in [2.75, 3.05) is 33.3 Å². The molecule has 18 heavy (non-hydrogen) atoms. The zero-order valence-corrected chi connectivity index (χ0v) is 12.6. The van der Waals surface area contributed by atoms with E-state index in [1.807, 2.05) is 0 Å². The second-order valence-corrected chi connectivity index (χ2v) is 5.69. The molecule has 1 rings (SSSR count). The summed E-state index contributed by atoms with van der Waals surface area (Å²) in [5, 5.41) is 3.56. The van der Waals surface area contributed by atoms with E-state index in [1.54, 1.807) is 0 Å². The maximum absolute atomic E-state index is 5.79. The molecule has 108 valence electrons. The molecule has 0 bridgehead atoms. The van der Waals surface area contributed by atoms with Crippen LogP contribution < -0.4 is 5.32 Å². The number of ether oxygens (including phenoxy) is 1. The van der Waals surface area contributed by atoms with Gasteiger partial charge in [-0.05, 0) is 46.2 Å². The number of unbranched alkanes of at least 4 members (excludes halogenated alkanes) is 2. The predicted octanol–water partition coefficient (Wildman–Crippen LogP) is 2.66. The first-order chi connectivity index (χ1) is 8.74. The molecule has 0 saturated carbocycles. The van der Waals surface area contributed by atoms with Crippen molar-refractivity contribution in [3.63, 3.8) is 0 Å². The van der Waals surface area contributed by atoms with Crippen LogP contribution in [0, 0.1) is 0 Å². The molecular weight excluding hydrogens is 224 g/mol. The van der Waals surface area contributed by atoms with Crippen LogP contribution in [0.1, 0.15) is 52.4 Å². The number of nitrogens with one attached hydrogen (secondary N) is 1. The molecular formula is C15H32N2O. The van der Waals surface area contributed by atoms with Crippen molar-refractivity contribution in [2.24, 2.45) is 0 Å². The van der Waals surface area contributed by atoms with Gasteiger partial charge in [0.15, 0.2) is 0 Å². The van der Waals surface area contributed by atoms with Gasteiger partial charge in [-0.1, -0.05) is 19.8 Å². The summed E-state index contributed by atoms with van der Waals surface area (Å²) in [4.78, 5) is 2.43. The summed E-state index contributed by atoms with van der Waals surface area (Å²) >= 11 is 0. The summed E-state index contributed by atoms with van der Waals surface area (Å²) in [6, 6.07) is 0.595. The highest BCUT2D eigenvalue weighted by Gasteiger charge is 2.18. The topological polar surface area (TPSA) is 24.5 Å². The highest BCUT2D eigenvalue weighted by molar-refractivity contribution is 4.72. The Morgan fingerprint density at radius 3 is 2.83 bits per heavy atom. The first-order valence-electron chi connectivity index (χ1n) is 7.76. The molecule has 1 aliphatic heterocycles. The number of likely N-dealkylation sites (N-methyl/N-ethyl adjacent to an activating group) is 1. The summed E-state index contributed by atoms with van der Waals surface area (Å²) in [7, 11) is 2.22. The fourth-order valence-electron chi connectivity index (χ4n) is 2.42. The van der Waals surface area contributed by atoms with E-state index >= 15 is 0 Å². The van der Waals surface area contributed by atoms with E-state index < -0.39 is 0 Å². The van der Waals surface area contributed by atoms with Crippen LogP contribution in [0.4, 0.5) is 0 Å². The molecule has 1 aliphatic rings. The van der Waals surface area contributed by atoms with Crippen LogP contribution in [0.2, 0.25) is 0 Å². The predicted molar refractivity (Wildman–Crippen MR) is 78.1 cm³/mol. The second kappa shape index (κ2) is 9.76. The number of hydrogen-bond donors (Lipinski definition) is 1. The van der Waals surface area contributed by atoms with E-state index in [0.717, 1.165) is 26.2 Å². The number of nitrogens with zero attached hydrogens (tertiary/aromatic N) is 1. The molecule has 3 heteroatoms. The summed E-state index contributed by atoms with van der Waals surface area (Å²) in [5.41, 5.74) is 0. The zero-order chi connectivity index (χ0) is 13.2. The van der Waals surface area contributed by atoms with E-state index in [9.17, 15) is 0 Å². The number of hydrogen-bond acceptors (Lipinski definition) is 3. The maximum Gasteiger partial charge on any atom is 0.0702 e. The quantitative estimate of drug-likeness (QED) is 0.642. The average molecular weight is 256 g/mol. The molecule has 1 fully saturated rings. The van der Waals surface area contributed by atoms with Gasteiger partial charge < -0.3 is 10.1 Å². The van der Waals surface area contributed by atoms with Crippen LogP contribution in [-0.2, 0) is 4.74 Å². The SMILES string of the molecule is CCCCCNCC(C)N(C)CC1CCCCO1. The standard InChI is InChI=1S/C15H32N2O/c1-4-5-7-10-16-12-14(2)17(3)13-15-9-6-8-11-18-15/h14-16H,4-13H2,1-3H3. The molecule has 0 radical (unpaired) electrons. The lowest BCUT2D eigenvalue weighted by Gasteiger charge is -2.31. The van der Waals surface area contributed by atoms with Crippen molar-refractivity contribution in [3.05, 3.63) is 0 Å². The second-order valence-electron chi connectivity index (χ2n) is 5.69. The van der Waals surface area contributed by atoms with E-state index in [0.29, 0.717) is 12.1 Å². The van der Waals surface area contributed by atoms with E-state index in [2.05, 4.69) is 31.1 Å². The monoisotopic (exact) mass is 256 g/mol. The molecule has 1 N–H and O–H groups in total. The Morgan fingerprint density at radius 2 is 2.17 bits per heavy atom. The fraction of sp³-hybridized carbons (Fsp3) is 1.00. The minimum absolute atomic E-state index is 0.464. The zero-order valence-electron chi connectivity index (χ0n) is 12.6. The molecule has 3 nitrogen and oxygen atoms in total. The highest BCUT2D eigenvalue weighted by atomic mass is 16.5. The van der Waals surface area contributed by atoms with Gasteiger partial charge in [-0.2, -0.15) is 0 Å². The Hall–Kier alpha value is -0.120. The van der Waals surface area contributed by atoms with Crippen LogP contribution in [0.25, 0.3) is 0 Å². The van der Waals surface area contributed by atoms with Crippen molar-refractivity contribution >= 4 is 0 Å². The van der Waals surface area contributed by atoms with Crippen LogP contribution in [0.5, 0.6) is 0 Å². The van der Waals surface area contributed by atoms with Gasteiger partial charge in [-0.15, -0.1) is 0 Å². The van der Waals surface area contributed by atoms with Crippen LogP contribution in [0.3, 0.4) is 0 Å².